The minimum absolute atomic E-state index is 0.335. The van der Waals surface area contributed by atoms with E-state index in [2.05, 4.69) is 4.90 Å². The van der Waals surface area contributed by atoms with E-state index in [0.717, 1.165) is 13.0 Å². The van der Waals surface area contributed by atoms with E-state index in [4.69, 9.17) is 0 Å². The fourth-order valence-electron chi connectivity index (χ4n) is 2.79. The third-order valence-corrected chi connectivity index (χ3v) is 3.76. The van der Waals surface area contributed by atoms with Gasteiger partial charge in [0.1, 0.15) is 5.78 Å². The summed E-state index contributed by atoms with van der Waals surface area (Å²) in [5.74, 6) is 0.335. The Balaban J connectivity index is 1.87. The van der Waals surface area contributed by atoms with Crippen LogP contribution in [0.4, 0.5) is 0 Å². The highest BCUT2D eigenvalue weighted by Gasteiger charge is 2.44. The molecule has 1 aliphatic heterocycles. The Morgan fingerprint density at radius 2 is 2.00 bits per heavy atom. The predicted octanol–water partition coefficient (Wildman–Crippen LogP) is 1.98. The highest BCUT2D eigenvalue weighted by Crippen LogP contribution is 2.45. The van der Waals surface area contributed by atoms with Crippen LogP contribution >= 0.6 is 0 Å². The molecule has 2 heteroatoms. The largest absolute Gasteiger partial charge is 0.300 e. The van der Waals surface area contributed by atoms with Gasteiger partial charge in [0, 0.05) is 18.5 Å². The van der Waals surface area contributed by atoms with Crippen molar-refractivity contribution in [2.45, 2.75) is 51.0 Å². The number of hydrogen-bond donors (Lipinski definition) is 0. The molecular formula is C11H19NO. The van der Waals surface area contributed by atoms with Crippen molar-refractivity contribution in [1.29, 1.82) is 0 Å². The molecule has 0 aromatic carbocycles. The van der Waals surface area contributed by atoms with Crippen LogP contribution < -0.4 is 0 Å². The summed E-state index contributed by atoms with van der Waals surface area (Å²) in [6.45, 7) is 3.94. The third kappa shape index (κ3) is 1.64. The van der Waals surface area contributed by atoms with Gasteiger partial charge in [-0.3, -0.25) is 9.69 Å². The molecule has 0 N–H and O–H groups in total. The summed E-state index contributed by atoms with van der Waals surface area (Å²) >= 11 is 0. The molecule has 1 saturated heterocycles. The summed E-state index contributed by atoms with van der Waals surface area (Å²) in [5, 5.41) is 0. The number of nitrogens with zero attached hydrogens (tertiary/aromatic N) is 1. The predicted molar refractivity (Wildman–Crippen MR) is 52.7 cm³/mol. The molecule has 0 radical (unpaired) electrons. The quantitative estimate of drug-likeness (QED) is 0.663. The summed E-state index contributed by atoms with van der Waals surface area (Å²) in [5.41, 5.74) is 0.551. The molecule has 13 heavy (non-hydrogen) atoms. The van der Waals surface area contributed by atoms with Crippen LogP contribution in [0.1, 0.15) is 45.4 Å². The molecule has 1 heterocycles. The summed E-state index contributed by atoms with van der Waals surface area (Å²) in [6, 6.07) is 0. The molecule has 2 rings (SSSR count). The minimum atomic E-state index is 0.335. The highest BCUT2D eigenvalue weighted by atomic mass is 16.1. The maximum Gasteiger partial charge on any atom is 0.131 e. The van der Waals surface area contributed by atoms with Crippen molar-refractivity contribution in [3.8, 4) is 0 Å². The average molecular weight is 181 g/mol. The first-order chi connectivity index (χ1) is 6.23. The molecule has 2 aliphatic rings. The molecule has 0 amide bonds. The van der Waals surface area contributed by atoms with Gasteiger partial charge in [0.25, 0.3) is 0 Å². The first-order valence-corrected chi connectivity index (χ1v) is 5.47. The smallest absolute Gasteiger partial charge is 0.131 e. The fraction of sp³-hybridized carbons (Fsp3) is 0.909. The lowest BCUT2D eigenvalue weighted by Gasteiger charge is -2.46. The highest BCUT2D eigenvalue weighted by molar-refractivity contribution is 5.75. The van der Waals surface area contributed by atoms with Gasteiger partial charge in [0.2, 0.25) is 0 Å². The van der Waals surface area contributed by atoms with Crippen molar-refractivity contribution >= 4 is 5.78 Å². The number of Topliss-reactive ketones (excluding diaryl/α,β-unsaturated/α-hetero) is 1. The minimum Gasteiger partial charge on any atom is -0.300 e. The summed E-state index contributed by atoms with van der Waals surface area (Å²) in [6.07, 6.45) is 7.64. The lowest BCUT2D eigenvalue weighted by molar-refractivity contribution is -0.117. The van der Waals surface area contributed by atoms with Gasteiger partial charge in [-0.1, -0.05) is 0 Å². The van der Waals surface area contributed by atoms with Gasteiger partial charge in [-0.25, -0.2) is 0 Å². The van der Waals surface area contributed by atoms with Crippen molar-refractivity contribution in [2.24, 2.45) is 0 Å². The molecule has 1 aliphatic carbocycles. The number of ketones is 1. The Morgan fingerprint density at radius 3 is 2.54 bits per heavy atom. The van der Waals surface area contributed by atoms with E-state index in [1.807, 2.05) is 0 Å². The molecular weight excluding hydrogens is 162 g/mol. The second kappa shape index (κ2) is 3.41. The lowest BCUT2D eigenvalue weighted by atomic mass is 9.75. The van der Waals surface area contributed by atoms with E-state index >= 15 is 0 Å². The van der Waals surface area contributed by atoms with Crippen molar-refractivity contribution in [1.82, 2.24) is 4.90 Å². The lowest BCUT2D eigenvalue weighted by Crippen LogP contribution is -2.49. The maximum atomic E-state index is 10.9. The zero-order chi connectivity index (χ0) is 9.31. The van der Waals surface area contributed by atoms with Gasteiger partial charge in [0.15, 0.2) is 0 Å². The number of rotatable bonds is 3. The van der Waals surface area contributed by atoms with Gasteiger partial charge in [-0.2, -0.15) is 0 Å². The molecule has 0 aromatic rings. The number of carbonyl (C=O) groups is 1. The van der Waals surface area contributed by atoms with Crippen LogP contribution in [0.15, 0.2) is 0 Å². The zero-order valence-electron chi connectivity index (χ0n) is 8.51. The summed E-state index contributed by atoms with van der Waals surface area (Å²) in [4.78, 5) is 13.5. The van der Waals surface area contributed by atoms with E-state index in [-0.39, 0.29) is 0 Å². The van der Waals surface area contributed by atoms with Crippen LogP contribution in [0, 0.1) is 0 Å². The second-order valence-electron chi connectivity index (χ2n) is 4.62. The van der Waals surface area contributed by atoms with Crippen molar-refractivity contribution in [2.75, 3.05) is 13.1 Å². The van der Waals surface area contributed by atoms with Gasteiger partial charge in [0.05, 0.1) is 0 Å². The molecule has 0 unspecified atom stereocenters. The normalized spacial score (nSPS) is 26.2. The van der Waals surface area contributed by atoms with Crippen LogP contribution in [0.25, 0.3) is 0 Å². The standard InChI is InChI=1S/C11H19NO/c1-10(13)4-9-12-8-3-7-11(12)5-2-6-11/h2-9H2,1H3. The van der Waals surface area contributed by atoms with E-state index in [1.165, 1.54) is 38.6 Å². The Bertz CT molecular complexity index is 208. The molecule has 0 bridgehead atoms. The number of hydrogen-bond acceptors (Lipinski definition) is 2. The third-order valence-electron chi connectivity index (χ3n) is 3.76. The van der Waals surface area contributed by atoms with Crippen LogP contribution in [0.3, 0.4) is 0 Å². The van der Waals surface area contributed by atoms with Crippen LogP contribution in [0.2, 0.25) is 0 Å². The van der Waals surface area contributed by atoms with Gasteiger partial charge in [-0.05, 0) is 45.6 Å². The van der Waals surface area contributed by atoms with Gasteiger partial charge in [-0.15, -0.1) is 0 Å². The monoisotopic (exact) mass is 181 g/mol. The molecule has 2 fully saturated rings. The fourth-order valence-corrected chi connectivity index (χ4v) is 2.79. The van der Waals surface area contributed by atoms with E-state index in [1.54, 1.807) is 6.92 Å². The Kier molecular flexibility index (Phi) is 2.41. The first kappa shape index (κ1) is 9.20. The van der Waals surface area contributed by atoms with Crippen LogP contribution in [0.5, 0.6) is 0 Å². The van der Waals surface area contributed by atoms with E-state index in [9.17, 15) is 4.79 Å². The van der Waals surface area contributed by atoms with E-state index < -0.39 is 0 Å². The SMILES string of the molecule is CC(=O)CCN1CCCC12CCC2. The number of carbonyl (C=O) groups excluding carboxylic acids is 1. The second-order valence-corrected chi connectivity index (χ2v) is 4.62. The van der Waals surface area contributed by atoms with E-state index in [0.29, 0.717) is 11.3 Å². The topological polar surface area (TPSA) is 20.3 Å². The van der Waals surface area contributed by atoms with Crippen molar-refractivity contribution < 1.29 is 4.79 Å². The zero-order valence-corrected chi connectivity index (χ0v) is 8.51. The summed E-state index contributed by atoms with van der Waals surface area (Å²) in [7, 11) is 0. The first-order valence-electron chi connectivity index (χ1n) is 5.47. The van der Waals surface area contributed by atoms with Crippen LogP contribution in [-0.2, 0) is 4.79 Å². The molecule has 0 aromatic heterocycles. The van der Waals surface area contributed by atoms with Crippen molar-refractivity contribution in [3.05, 3.63) is 0 Å². The molecule has 1 saturated carbocycles. The van der Waals surface area contributed by atoms with Crippen LogP contribution in [-0.4, -0.2) is 29.3 Å². The average Bonchev–Trinajstić information content (AvgIpc) is 2.42. The molecule has 2 nitrogen and oxygen atoms in total. The molecule has 1 spiro atoms. The number of likely N-dealkylation sites (tertiary alicyclic amines) is 1. The van der Waals surface area contributed by atoms with Gasteiger partial charge < -0.3 is 0 Å². The van der Waals surface area contributed by atoms with Crippen molar-refractivity contribution in [3.63, 3.8) is 0 Å². The Hall–Kier alpha value is -0.370. The Labute approximate surface area is 80.3 Å². The molecule has 0 atom stereocenters. The summed E-state index contributed by atoms with van der Waals surface area (Å²) < 4.78 is 0. The maximum absolute atomic E-state index is 10.9. The Morgan fingerprint density at radius 1 is 1.31 bits per heavy atom. The molecule has 74 valence electrons. The van der Waals surface area contributed by atoms with Gasteiger partial charge >= 0.3 is 0 Å².